The Morgan fingerprint density at radius 3 is 3.09 bits per heavy atom. The monoisotopic (exact) mass is 300 g/mol. The van der Waals surface area contributed by atoms with Gasteiger partial charge in [-0.15, -0.1) is 0 Å². The van der Waals surface area contributed by atoms with E-state index in [2.05, 4.69) is 25.5 Å². The zero-order valence-corrected chi connectivity index (χ0v) is 12.4. The lowest BCUT2D eigenvalue weighted by atomic mass is 9.99. The molecule has 0 saturated heterocycles. The van der Waals surface area contributed by atoms with Gasteiger partial charge in [0.1, 0.15) is 12.7 Å². The van der Waals surface area contributed by atoms with Crippen molar-refractivity contribution in [2.75, 3.05) is 0 Å². The fourth-order valence-corrected chi connectivity index (χ4v) is 2.31. The maximum absolute atomic E-state index is 12.3. The van der Waals surface area contributed by atoms with Crippen LogP contribution in [-0.2, 0) is 16.2 Å². The number of hydrogen-bond acceptors (Lipinski definition) is 6. The molecule has 1 unspecified atom stereocenters. The van der Waals surface area contributed by atoms with Crippen LogP contribution < -0.4 is 5.32 Å². The molecule has 0 spiro atoms. The number of rotatable bonds is 4. The van der Waals surface area contributed by atoms with Crippen molar-refractivity contribution in [2.45, 2.75) is 32.4 Å². The number of nitrogens with one attached hydrogen (secondary N) is 1. The second kappa shape index (κ2) is 5.55. The predicted molar refractivity (Wildman–Crippen MR) is 78.2 cm³/mol. The Labute approximate surface area is 127 Å². The van der Waals surface area contributed by atoms with E-state index in [0.29, 0.717) is 18.8 Å². The van der Waals surface area contributed by atoms with Crippen LogP contribution in [0.5, 0.6) is 0 Å². The van der Waals surface area contributed by atoms with E-state index in [0.717, 1.165) is 11.3 Å². The van der Waals surface area contributed by atoms with Gasteiger partial charge in [-0.3, -0.25) is 4.79 Å². The first-order valence-electron chi connectivity index (χ1n) is 6.87. The minimum atomic E-state index is -0.945. The van der Waals surface area contributed by atoms with Crippen LogP contribution in [0, 0.1) is 0 Å². The fourth-order valence-electron chi connectivity index (χ4n) is 2.31. The standard InChI is InChI=1S/C14H16N6O2/c1-10-6-14(2,22-19-10)13(21)17-7-11-4-3-5-16-12(11)20-9-15-8-18-20/h3-5,8-9H,6-7H2,1-2H3,(H,17,21). The maximum atomic E-state index is 12.3. The number of aromatic nitrogens is 4. The van der Waals surface area contributed by atoms with Gasteiger partial charge in [0.05, 0.1) is 5.71 Å². The summed E-state index contributed by atoms with van der Waals surface area (Å²) in [5.41, 5.74) is 0.697. The first-order chi connectivity index (χ1) is 10.6. The Balaban J connectivity index is 1.71. The van der Waals surface area contributed by atoms with Gasteiger partial charge in [0.25, 0.3) is 5.91 Å². The zero-order valence-electron chi connectivity index (χ0n) is 12.4. The van der Waals surface area contributed by atoms with E-state index >= 15 is 0 Å². The minimum absolute atomic E-state index is 0.207. The molecule has 8 heteroatoms. The van der Waals surface area contributed by atoms with Crippen LogP contribution in [-0.4, -0.2) is 37.0 Å². The molecule has 114 valence electrons. The molecule has 1 atom stereocenters. The second-order valence-corrected chi connectivity index (χ2v) is 5.33. The molecule has 1 N–H and O–H groups in total. The highest BCUT2D eigenvalue weighted by atomic mass is 16.7. The van der Waals surface area contributed by atoms with Crippen molar-refractivity contribution in [1.82, 2.24) is 25.1 Å². The van der Waals surface area contributed by atoms with E-state index in [1.54, 1.807) is 24.1 Å². The quantitative estimate of drug-likeness (QED) is 0.902. The number of nitrogens with zero attached hydrogens (tertiary/aromatic N) is 5. The molecular weight excluding hydrogens is 284 g/mol. The highest BCUT2D eigenvalue weighted by Gasteiger charge is 2.40. The van der Waals surface area contributed by atoms with Gasteiger partial charge in [-0.25, -0.2) is 14.6 Å². The second-order valence-electron chi connectivity index (χ2n) is 5.33. The van der Waals surface area contributed by atoms with Crippen molar-refractivity contribution in [1.29, 1.82) is 0 Å². The summed E-state index contributed by atoms with van der Waals surface area (Å²) < 4.78 is 1.56. The van der Waals surface area contributed by atoms with E-state index in [-0.39, 0.29) is 5.91 Å². The van der Waals surface area contributed by atoms with Crippen LogP contribution in [0.1, 0.15) is 25.8 Å². The van der Waals surface area contributed by atoms with E-state index in [9.17, 15) is 4.79 Å². The van der Waals surface area contributed by atoms with Crippen molar-refractivity contribution < 1.29 is 9.63 Å². The van der Waals surface area contributed by atoms with Crippen LogP contribution in [0.15, 0.2) is 36.1 Å². The molecule has 1 aliphatic rings. The average Bonchev–Trinajstić information content (AvgIpc) is 3.16. The van der Waals surface area contributed by atoms with Gasteiger partial charge in [-0.05, 0) is 19.9 Å². The molecule has 3 rings (SSSR count). The molecule has 0 radical (unpaired) electrons. The lowest BCUT2D eigenvalue weighted by Crippen LogP contribution is -2.44. The summed E-state index contributed by atoms with van der Waals surface area (Å²) in [5.74, 6) is 0.423. The Morgan fingerprint density at radius 2 is 2.41 bits per heavy atom. The Bertz CT molecular complexity index is 712. The van der Waals surface area contributed by atoms with Crippen LogP contribution in [0.3, 0.4) is 0 Å². The number of carbonyl (C=O) groups excluding carboxylic acids is 1. The molecule has 0 aliphatic carbocycles. The SMILES string of the molecule is CC1=NOC(C)(C(=O)NCc2cccnc2-n2cncn2)C1. The topological polar surface area (TPSA) is 94.3 Å². The average molecular weight is 300 g/mol. The molecule has 2 aromatic rings. The summed E-state index contributed by atoms with van der Waals surface area (Å²) in [6.07, 6.45) is 5.15. The zero-order chi connectivity index (χ0) is 15.6. The molecule has 8 nitrogen and oxygen atoms in total. The minimum Gasteiger partial charge on any atom is -0.379 e. The Morgan fingerprint density at radius 1 is 1.55 bits per heavy atom. The predicted octanol–water partition coefficient (Wildman–Crippen LogP) is 0.833. The number of hydrogen-bond donors (Lipinski definition) is 1. The van der Waals surface area contributed by atoms with Crippen molar-refractivity contribution in [3.05, 3.63) is 36.5 Å². The van der Waals surface area contributed by atoms with E-state index in [4.69, 9.17) is 4.84 Å². The first-order valence-corrected chi connectivity index (χ1v) is 6.87. The third-order valence-corrected chi connectivity index (χ3v) is 3.42. The Kier molecular flexibility index (Phi) is 3.58. The summed E-state index contributed by atoms with van der Waals surface area (Å²) in [7, 11) is 0. The van der Waals surface area contributed by atoms with Crippen molar-refractivity contribution in [3.63, 3.8) is 0 Å². The summed E-state index contributed by atoms with van der Waals surface area (Å²) in [6.45, 7) is 3.88. The van der Waals surface area contributed by atoms with E-state index in [1.165, 1.54) is 6.33 Å². The Hall–Kier alpha value is -2.77. The van der Waals surface area contributed by atoms with Crippen LogP contribution in [0.2, 0.25) is 0 Å². The fraction of sp³-hybridized carbons (Fsp3) is 0.357. The number of carbonyl (C=O) groups is 1. The number of amides is 1. The molecule has 1 amide bonds. The van der Waals surface area contributed by atoms with Gasteiger partial charge in [-0.1, -0.05) is 11.2 Å². The molecule has 0 fully saturated rings. The molecular formula is C14H16N6O2. The van der Waals surface area contributed by atoms with Crippen molar-refractivity contribution in [2.24, 2.45) is 5.16 Å². The van der Waals surface area contributed by atoms with Crippen LogP contribution in [0.4, 0.5) is 0 Å². The summed E-state index contributed by atoms with van der Waals surface area (Å²) >= 11 is 0. The highest BCUT2D eigenvalue weighted by molar-refractivity contribution is 5.94. The molecule has 2 aromatic heterocycles. The van der Waals surface area contributed by atoms with Gasteiger partial charge in [0, 0.05) is 24.7 Å². The highest BCUT2D eigenvalue weighted by Crippen LogP contribution is 2.23. The lowest BCUT2D eigenvalue weighted by Gasteiger charge is -2.20. The van der Waals surface area contributed by atoms with Crippen LogP contribution >= 0.6 is 0 Å². The first kappa shape index (κ1) is 14.2. The van der Waals surface area contributed by atoms with Gasteiger partial charge in [0.15, 0.2) is 5.82 Å². The largest absolute Gasteiger partial charge is 0.379 e. The van der Waals surface area contributed by atoms with Gasteiger partial charge in [0.2, 0.25) is 5.60 Å². The third kappa shape index (κ3) is 2.67. The van der Waals surface area contributed by atoms with Gasteiger partial charge < -0.3 is 10.2 Å². The van der Waals surface area contributed by atoms with E-state index < -0.39 is 5.60 Å². The smallest absolute Gasteiger partial charge is 0.267 e. The summed E-state index contributed by atoms with van der Waals surface area (Å²) in [4.78, 5) is 25.7. The van der Waals surface area contributed by atoms with E-state index in [1.807, 2.05) is 19.1 Å². The van der Waals surface area contributed by atoms with Crippen LogP contribution in [0.25, 0.3) is 5.82 Å². The summed E-state index contributed by atoms with van der Waals surface area (Å²) in [6, 6.07) is 3.69. The molecule has 0 saturated carbocycles. The number of pyridine rings is 1. The molecule has 22 heavy (non-hydrogen) atoms. The normalized spacial score (nSPS) is 20.4. The summed E-state index contributed by atoms with van der Waals surface area (Å²) in [5, 5.41) is 10.8. The maximum Gasteiger partial charge on any atom is 0.267 e. The van der Waals surface area contributed by atoms with Gasteiger partial charge >= 0.3 is 0 Å². The molecule has 1 aliphatic heterocycles. The molecule has 0 bridgehead atoms. The van der Waals surface area contributed by atoms with Crippen molar-refractivity contribution in [3.8, 4) is 5.82 Å². The van der Waals surface area contributed by atoms with Gasteiger partial charge in [-0.2, -0.15) is 5.10 Å². The lowest BCUT2D eigenvalue weighted by molar-refractivity contribution is -0.141. The number of oxime groups is 1. The molecule has 0 aromatic carbocycles. The van der Waals surface area contributed by atoms with Crippen molar-refractivity contribution >= 4 is 11.6 Å². The molecule has 3 heterocycles. The third-order valence-electron chi connectivity index (χ3n) is 3.42.